The molecule has 0 heterocycles. The Balaban J connectivity index is 0. The fourth-order valence-corrected chi connectivity index (χ4v) is 0. The molecule has 0 aromatic rings. The van der Waals surface area contributed by atoms with E-state index in [0.29, 0.717) is 0 Å². The summed E-state index contributed by atoms with van der Waals surface area (Å²) < 4.78 is 39.3. The lowest BCUT2D eigenvalue weighted by Crippen LogP contribution is -2.02. The van der Waals surface area contributed by atoms with Crippen molar-refractivity contribution in [3.05, 3.63) is 0 Å². The van der Waals surface area contributed by atoms with E-state index >= 15 is 0 Å². The largest absolute Gasteiger partial charge is 0.844 e. The van der Waals surface area contributed by atoms with Gasteiger partial charge in [0.05, 0.1) is 0 Å². The first kappa shape index (κ1) is 9.62. The third kappa shape index (κ3) is 368. The summed E-state index contributed by atoms with van der Waals surface area (Å²) >= 11 is 0. The zero-order valence-electron chi connectivity index (χ0n) is 2.72. The van der Waals surface area contributed by atoms with Crippen molar-refractivity contribution in [2.24, 2.45) is 0 Å². The van der Waals surface area contributed by atoms with Crippen molar-refractivity contribution in [1.82, 2.24) is 0 Å². The van der Waals surface area contributed by atoms with Gasteiger partial charge in [-0.2, -0.15) is 9.90 Å². The summed E-state index contributed by atoms with van der Waals surface area (Å²) in [6, 6.07) is 0. The van der Waals surface area contributed by atoms with Crippen LogP contribution in [0.1, 0.15) is 0 Å². The second-order valence-electron chi connectivity index (χ2n) is 0.429. The minimum absolute atomic E-state index is 0. The predicted octanol–water partition coefficient (Wildman–Crippen LogP) is 1.36. The molecule has 0 saturated carbocycles. The van der Waals surface area contributed by atoms with Gasteiger partial charge in [-0.05, 0) is 0 Å². The van der Waals surface area contributed by atoms with Crippen LogP contribution in [0.4, 0.5) is 16.4 Å². The quantitative estimate of drug-likeness (QED) is 0.205. The first-order valence-corrected chi connectivity index (χ1v) is 2.27. The number of halogens is 4. The van der Waals surface area contributed by atoms with Gasteiger partial charge in [0.15, 0.2) is 0 Å². The van der Waals surface area contributed by atoms with E-state index in [9.17, 15) is 16.4 Å². The Hall–Kier alpha value is 0.367. The maximum absolute atomic E-state index is 9.83. The van der Waals surface area contributed by atoms with Crippen molar-refractivity contribution in [1.29, 1.82) is 0 Å². The average molecular weight is 138 g/mol. The van der Waals surface area contributed by atoms with Crippen LogP contribution in [0, 0.1) is 0 Å². The van der Waals surface area contributed by atoms with Gasteiger partial charge in [0.1, 0.15) is 0 Å². The highest BCUT2D eigenvalue weighted by atomic mass is 31.0. The Bertz CT molecular complexity index is 23.0. The first-order valence-electron chi connectivity index (χ1n) is 0.756. The summed E-state index contributed by atoms with van der Waals surface area (Å²) in [6.45, 7) is 0. The number of hydrogen-bond donors (Lipinski definition) is 0. The Morgan fingerprint density at radius 2 is 0.833 bits per heavy atom. The van der Waals surface area contributed by atoms with Crippen LogP contribution >= 0.6 is 9.90 Å². The average Bonchev–Trinajstić information content (AvgIpc) is 0.722. The summed E-state index contributed by atoms with van der Waals surface area (Å²) in [5.74, 6) is 0. The molecule has 1 atom stereocenters. The molecule has 0 aromatic carbocycles. The fraction of sp³-hybridized carbons (Fsp3) is 0. The van der Waals surface area contributed by atoms with Gasteiger partial charge < -0.3 is 0 Å². The summed E-state index contributed by atoms with van der Waals surface area (Å²) in [4.78, 5) is 0. The van der Waals surface area contributed by atoms with Gasteiger partial charge in [-0.15, -0.1) is 0 Å². The summed E-state index contributed by atoms with van der Waals surface area (Å²) in [5, 5.41) is 0. The SMILES string of the molecule is F[Si](F)(F)F.P. The number of rotatable bonds is 0. The molecule has 0 aliphatic heterocycles. The molecule has 0 rings (SSSR count). The van der Waals surface area contributed by atoms with Gasteiger partial charge in [0.2, 0.25) is 0 Å². The van der Waals surface area contributed by atoms with Crippen LogP contribution in [0.3, 0.4) is 0 Å². The van der Waals surface area contributed by atoms with Crippen LogP contribution in [0.25, 0.3) is 0 Å². The maximum atomic E-state index is 9.83. The molecule has 0 aromatic heterocycles. The molecule has 0 fully saturated rings. The standard InChI is InChI=1S/F4Si.H3P/c1-5(2,3)4;/h;1H3. The molecular weight excluding hydrogens is 135 g/mol. The van der Waals surface area contributed by atoms with Gasteiger partial charge in [0, 0.05) is 0 Å². The molecule has 1 unspecified atom stereocenters. The number of hydrogen-bond acceptors (Lipinski definition) is 0. The van der Waals surface area contributed by atoms with Crippen molar-refractivity contribution < 1.29 is 16.4 Å². The van der Waals surface area contributed by atoms with Crippen LogP contribution in [-0.2, 0) is 0 Å². The zero-order chi connectivity index (χ0) is 4.50. The fourth-order valence-electron chi connectivity index (χ4n) is 0. The minimum Gasteiger partial charge on any atom is -0.211 e. The lowest BCUT2D eigenvalue weighted by Gasteiger charge is -1.75. The third-order valence-electron chi connectivity index (χ3n) is 0. The van der Waals surface area contributed by atoms with E-state index in [2.05, 4.69) is 0 Å². The molecule has 6 heteroatoms. The maximum Gasteiger partial charge on any atom is 0.844 e. The second kappa shape index (κ2) is 2.52. The van der Waals surface area contributed by atoms with E-state index in [1.165, 1.54) is 0 Å². The van der Waals surface area contributed by atoms with Crippen molar-refractivity contribution in [2.45, 2.75) is 0 Å². The molecule has 40 valence electrons. The highest BCUT2D eigenvalue weighted by molar-refractivity contribution is 6.92. The monoisotopic (exact) mass is 138 g/mol. The molecule has 0 N–H and O–H groups in total. The summed E-state index contributed by atoms with van der Waals surface area (Å²) in [6.07, 6.45) is 0. The summed E-state index contributed by atoms with van der Waals surface area (Å²) in [5.41, 5.74) is 0. The Labute approximate surface area is 36.9 Å². The summed E-state index contributed by atoms with van der Waals surface area (Å²) in [7, 11) is -6.61. The Kier molecular flexibility index (Phi) is 4.05. The highest BCUT2D eigenvalue weighted by Gasteiger charge is 2.39. The topological polar surface area (TPSA) is 0 Å². The lowest BCUT2D eigenvalue weighted by atomic mass is 18.6. The van der Waals surface area contributed by atoms with Crippen molar-refractivity contribution in [3.63, 3.8) is 0 Å². The molecule has 0 spiro atoms. The van der Waals surface area contributed by atoms with Crippen molar-refractivity contribution >= 4 is 19.3 Å². The van der Waals surface area contributed by atoms with E-state index in [1.54, 1.807) is 0 Å². The molecular formula is H3F4PSi. The smallest absolute Gasteiger partial charge is 0.211 e. The van der Waals surface area contributed by atoms with Crippen LogP contribution in [0.5, 0.6) is 0 Å². The molecule has 0 radical (unpaired) electrons. The molecule has 6 heavy (non-hydrogen) atoms. The zero-order valence-corrected chi connectivity index (χ0v) is 5.13. The predicted molar refractivity (Wildman–Crippen MR) is 21.3 cm³/mol. The van der Waals surface area contributed by atoms with Crippen molar-refractivity contribution in [3.8, 4) is 0 Å². The van der Waals surface area contributed by atoms with Gasteiger partial charge in [0.25, 0.3) is 0 Å². The van der Waals surface area contributed by atoms with Crippen LogP contribution in [0.2, 0.25) is 0 Å². The van der Waals surface area contributed by atoms with Crippen LogP contribution in [0.15, 0.2) is 0 Å². The molecule has 0 bridgehead atoms. The van der Waals surface area contributed by atoms with Crippen LogP contribution < -0.4 is 0 Å². The van der Waals surface area contributed by atoms with Crippen LogP contribution in [-0.4, -0.2) is 9.41 Å². The van der Waals surface area contributed by atoms with Gasteiger partial charge >= 0.3 is 9.41 Å². The Morgan fingerprint density at radius 1 is 0.833 bits per heavy atom. The third-order valence-corrected chi connectivity index (χ3v) is 0. The van der Waals surface area contributed by atoms with E-state index in [4.69, 9.17) is 0 Å². The lowest BCUT2D eigenvalue weighted by molar-refractivity contribution is 0.368. The molecule has 0 aliphatic rings. The van der Waals surface area contributed by atoms with E-state index in [0.717, 1.165) is 0 Å². The molecule has 0 amide bonds. The molecule has 0 nitrogen and oxygen atoms in total. The molecule has 0 aliphatic carbocycles. The Morgan fingerprint density at radius 3 is 0.833 bits per heavy atom. The van der Waals surface area contributed by atoms with E-state index in [1.807, 2.05) is 0 Å². The van der Waals surface area contributed by atoms with Crippen molar-refractivity contribution in [2.75, 3.05) is 0 Å². The van der Waals surface area contributed by atoms with E-state index < -0.39 is 9.41 Å². The van der Waals surface area contributed by atoms with E-state index in [-0.39, 0.29) is 9.90 Å². The van der Waals surface area contributed by atoms with Gasteiger partial charge in [-0.3, -0.25) is 0 Å². The first-order chi connectivity index (χ1) is 2.00. The van der Waals surface area contributed by atoms with Gasteiger partial charge in [-0.25, -0.2) is 16.4 Å². The normalized spacial score (nSPS) is 10.0. The highest BCUT2D eigenvalue weighted by Crippen LogP contribution is 2.06. The second-order valence-corrected chi connectivity index (χ2v) is 1.29. The molecule has 0 saturated heterocycles. The van der Waals surface area contributed by atoms with Gasteiger partial charge in [-0.1, -0.05) is 0 Å². The minimum atomic E-state index is -6.61.